The SMILES string of the molecule is COc1ccc(F)c(C2=Cc3cnn(-c4ncccn4)c(=O)c3CC2)c1. The van der Waals surface area contributed by atoms with Gasteiger partial charge in [-0.3, -0.25) is 4.79 Å². The third kappa shape index (κ3) is 2.77. The lowest BCUT2D eigenvalue weighted by Gasteiger charge is -2.17. The number of nitrogens with zero attached hydrogens (tertiary/aromatic N) is 4. The van der Waals surface area contributed by atoms with E-state index in [2.05, 4.69) is 15.1 Å². The highest BCUT2D eigenvalue weighted by molar-refractivity contribution is 5.84. The zero-order chi connectivity index (χ0) is 18.1. The van der Waals surface area contributed by atoms with Gasteiger partial charge in [0, 0.05) is 29.1 Å². The Morgan fingerprint density at radius 3 is 2.77 bits per heavy atom. The van der Waals surface area contributed by atoms with E-state index in [4.69, 9.17) is 4.74 Å². The van der Waals surface area contributed by atoms with Gasteiger partial charge in [0.05, 0.1) is 13.3 Å². The Kier molecular flexibility index (Phi) is 4.04. The third-order valence-electron chi connectivity index (χ3n) is 4.35. The molecule has 1 aromatic carbocycles. The van der Waals surface area contributed by atoms with Gasteiger partial charge in [-0.15, -0.1) is 0 Å². The van der Waals surface area contributed by atoms with E-state index in [-0.39, 0.29) is 17.3 Å². The first-order valence-electron chi connectivity index (χ1n) is 8.10. The van der Waals surface area contributed by atoms with Crippen LogP contribution in [0.4, 0.5) is 4.39 Å². The number of halogens is 1. The van der Waals surface area contributed by atoms with Gasteiger partial charge in [-0.25, -0.2) is 14.4 Å². The van der Waals surface area contributed by atoms with Gasteiger partial charge in [0.25, 0.3) is 11.5 Å². The lowest BCUT2D eigenvalue weighted by atomic mass is 9.90. The quantitative estimate of drug-likeness (QED) is 0.726. The van der Waals surface area contributed by atoms with Gasteiger partial charge < -0.3 is 4.74 Å². The van der Waals surface area contributed by atoms with Crippen molar-refractivity contribution < 1.29 is 9.13 Å². The van der Waals surface area contributed by atoms with Crippen LogP contribution in [0.5, 0.6) is 5.75 Å². The molecule has 0 atom stereocenters. The molecule has 2 aromatic heterocycles. The number of fused-ring (bicyclic) bond motifs is 1. The largest absolute Gasteiger partial charge is 0.497 e. The summed E-state index contributed by atoms with van der Waals surface area (Å²) in [6.45, 7) is 0. The summed E-state index contributed by atoms with van der Waals surface area (Å²) in [5.41, 5.74) is 2.34. The molecule has 1 aliphatic carbocycles. The Labute approximate surface area is 148 Å². The molecule has 7 heteroatoms. The maximum Gasteiger partial charge on any atom is 0.278 e. The van der Waals surface area contributed by atoms with E-state index >= 15 is 0 Å². The minimum atomic E-state index is -0.320. The molecule has 3 aromatic rings. The Balaban J connectivity index is 1.79. The maximum atomic E-state index is 14.2. The van der Waals surface area contributed by atoms with Crippen LogP contribution in [0.25, 0.3) is 17.6 Å². The summed E-state index contributed by atoms with van der Waals surface area (Å²) >= 11 is 0. The van der Waals surface area contributed by atoms with Crippen molar-refractivity contribution >= 4 is 11.6 Å². The van der Waals surface area contributed by atoms with E-state index in [1.165, 1.54) is 10.7 Å². The number of ether oxygens (including phenoxy) is 1. The number of hydrogen-bond acceptors (Lipinski definition) is 5. The van der Waals surface area contributed by atoms with Crippen LogP contribution in [-0.4, -0.2) is 26.9 Å². The molecule has 4 rings (SSSR count). The van der Waals surface area contributed by atoms with Gasteiger partial charge in [-0.05, 0) is 48.8 Å². The Morgan fingerprint density at radius 2 is 2.00 bits per heavy atom. The highest BCUT2D eigenvalue weighted by Crippen LogP contribution is 2.32. The minimum absolute atomic E-state index is 0.230. The van der Waals surface area contributed by atoms with Gasteiger partial charge in [0.2, 0.25) is 0 Å². The second kappa shape index (κ2) is 6.51. The van der Waals surface area contributed by atoms with Crippen molar-refractivity contribution in [3.63, 3.8) is 0 Å². The smallest absolute Gasteiger partial charge is 0.278 e. The van der Waals surface area contributed by atoms with Crippen molar-refractivity contribution in [2.75, 3.05) is 7.11 Å². The summed E-state index contributed by atoms with van der Waals surface area (Å²) in [4.78, 5) is 20.8. The molecule has 0 aliphatic heterocycles. The molecule has 0 spiro atoms. The molecular weight excluding hydrogens is 335 g/mol. The molecule has 0 bridgehead atoms. The molecule has 0 N–H and O–H groups in total. The minimum Gasteiger partial charge on any atom is -0.497 e. The van der Waals surface area contributed by atoms with E-state index in [1.807, 2.05) is 0 Å². The van der Waals surface area contributed by atoms with Gasteiger partial charge in [0.1, 0.15) is 11.6 Å². The van der Waals surface area contributed by atoms with Crippen LogP contribution in [0.15, 0.2) is 47.7 Å². The molecule has 6 nitrogen and oxygen atoms in total. The summed E-state index contributed by atoms with van der Waals surface area (Å²) in [6, 6.07) is 6.30. The number of methoxy groups -OCH3 is 1. The van der Waals surface area contributed by atoms with Gasteiger partial charge >= 0.3 is 0 Å². The maximum absolute atomic E-state index is 14.2. The average molecular weight is 350 g/mol. The number of aromatic nitrogens is 4. The van der Waals surface area contributed by atoms with Crippen molar-refractivity contribution in [1.82, 2.24) is 19.7 Å². The van der Waals surface area contributed by atoms with Crippen molar-refractivity contribution in [3.8, 4) is 11.7 Å². The summed E-state index contributed by atoms with van der Waals surface area (Å²) < 4.78 is 20.6. The van der Waals surface area contributed by atoms with Gasteiger partial charge in [-0.1, -0.05) is 0 Å². The first kappa shape index (κ1) is 16.1. The topological polar surface area (TPSA) is 69.9 Å². The van der Waals surface area contributed by atoms with E-state index in [1.54, 1.807) is 50.0 Å². The summed E-state index contributed by atoms with van der Waals surface area (Å²) in [7, 11) is 1.54. The molecule has 0 amide bonds. The van der Waals surface area contributed by atoms with E-state index < -0.39 is 0 Å². The fourth-order valence-corrected chi connectivity index (χ4v) is 3.03. The Morgan fingerprint density at radius 1 is 1.19 bits per heavy atom. The fraction of sp³-hybridized carbons (Fsp3) is 0.158. The van der Waals surface area contributed by atoms with Crippen molar-refractivity contribution in [3.05, 3.63) is 75.7 Å². The normalized spacial score (nSPS) is 13.1. The predicted octanol–water partition coefficient (Wildman–Crippen LogP) is 2.66. The molecular formula is C19H15FN4O2. The van der Waals surface area contributed by atoms with Crippen molar-refractivity contribution in [2.24, 2.45) is 0 Å². The lowest BCUT2D eigenvalue weighted by Crippen LogP contribution is -2.28. The Bertz CT molecular complexity index is 1060. The average Bonchev–Trinajstić information content (AvgIpc) is 2.69. The van der Waals surface area contributed by atoms with Gasteiger partial charge in [-0.2, -0.15) is 9.78 Å². The molecule has 1 aliphatic rings. The molecule has 130 valence electrons. The molecule has 0 saturated carbocycles. The summed E-state index contributed by atoms with van der Waals surface area (Å²) in [5, 5.41) is 4.16. The third-order valence-corrected chi connectivity index (χ3v) is 4.35. The first-order chi connectivity index (χ1) is 12.7. The summed E-state index contributed by atoms with van der Waals surface area (Å²) in [6.07, 6.45) is 7.54. The van der Waals surface area contributed by atoms with Crippen LogP contribution in [0.1, 0.15) is 23.1 Å². The van der Waals surface area contributed by atoms with Crippen molar-refractivity contribution in [1.29, 1.82) is 0 Å². The molecule has 0 saturated heterocycles. The number of rotatable bonds is 3. The number of allylic oxidation sites excluding steroid dienone is 1. The summed E-state index contributed by atoms with van der Waals surface area (Å²) in [5.74, 6) is 0.497. The van der Waals surface area contributed by atoms with Crippen LogP contribution in [-0.2, 0) is 6.42 Å². The van der Waals surface area contributed by atoms with E-state index in [0.717, 1.165) is 5.57 Å². The first-order valence-corrected chi connectivity index (χ1v) is 8.10. The molecule has 0 radical (unpaired) electrons. The van der Waals surface area contributed by atoms with Crippen LogP contribution < -0.4 is 10.3 Å². The zero-order valence-electron chi connectivity index (χ0n) is 14.0. The van der Waals surface area contributed by atoms with Crippen LogP contribution in [0.2, 0.25) is 0 Å². The van der Waals surface area contributed by atoms with E-state index in [0.29, 0.717) is 35.3 Å². The molecule has 0 unspecified atom stereocenters. The second-order valence-corrected chi connectivity index (χ2v) is 5.86. The van der Waals surface area contributed by atoms with Crippen LogP contribution in [0, 0.1) is 5.82 Å². The fourth-order valence-electron chi connectivity index (χ4n) is 3.03. The van der Waals surface area contributed by atoms with Crippen LogP contribution in [0.3, 0.4) is 0 Å². The standard InChI is InChI=1S/C19H15FN4O2/c1-26-14-4-6-17(20)16(10-14)12-3-5-15-13(9-12)11-23-24(18(15)25)19-21-7-2-8-22-19/h2,4,6-11H,3,5H2,1H3. The highest BCUT2D eigenvalue weighted by Gasteiger charge is 2.20. The van der Waals surface area contributed by atoms with E-state index in [9.17, 15) is 9.18 Å². The highest BCUT2D eigenvalue weighted by atomic mass is 19.1. The second-order valence-electron chi connectivity index (χ2n) is 5.86. The number of benzene rings is 1. The molecule has 26 heavy (non-hydrogen) atoms. The molecule has 2 heterocycles. The van der Waals surface area contributed by atoms with Crippen LogP contribution >= 0.6 is 0 Å². The predicted molar refractivity (Wildman–Crippen MR) is 94.6 cm³/mol. The monoisotopic (exact) mass is 350 g/mol. The molecule has 0 fully saturated rings. The zero-order valence-corrected chi connectivity index (χ0v) is 14.0. The Hall–Kier alpha value is -3.35. The lowest BCUT2D eigenvalue weighted by molar-refractivity contribution is 0.413. The number of hydrogen-bond donors (Lipinski definition) is 0. The van der Waals surface area contributed by atoms with Crippen molar-refractivity contribution in [2.45, 2.75) is 12.8 Å². The van der Waals surface area contributed by atoms with Gasteiger partial charge in [0.15, 0.2) is 0 Å².